The number of amides is 2. The van der Waals surface area contributed by atoms with Crippen molar-refractivity contribution in [1.82, 2.24) is 29.2 Å². The highest BCUT2D eigenvalue weighted by molar-refractivity contribution is 7.92. The molecule has 4 N–H and O–H groups in total. The number of sulfonamides is 2. The van der Waals surface area contributed by atoms with Crippen molar-refractivity contribution in [2.45, 2.75) is 72.1 Å². The molecule has 0 saturated carbocycles. The Morgan fingerprint density at radius 1 is 0.788 bits per heavy atom. The predicted octanol–water partition coefficient (Wildman–Crippen LogP) is 2.23. The van der Waals surface area contributed by atoms with E-state index in [9.17, 15) is 71.9 Å². The molecular weight excluding hydrogens is 943 g/mol. The fourth-order valence-electron chi connectivity index (χ4n) is 6.17. The topological polar surface area (TPSA) is 272 Å². The number of halogens is 6. The summed E-state index contributed by atoms with van der Waals surface area (Å²) in [4.78, 5) is 77.9. The van der Waals surface area contributed by atoms with E-state index < -0.39 is 101 Å². The van der Waals surface area contributed by atoms with Crippen molar-refractivity contribution in [1.29, 1.82) is 0 Å². The van der Waals surface area contributed by atoms with E-state index in [-0.39, 0.29) is 56.8 Å². The van der Waals surface area contributed by atoms with Crippen LogP contribution in [-0.4, -0.2) is 91.8 Å². The van der Waals surface area contributed by atoms with Gasteiger partial charge in [-0.05, 0) is 47.5 Å². The van der Waals surface area contributed by atoms with Crippen LogP contribution in [0.1, 0.15) is 56.4 Å². The predicted molar refractivity (Wildman–Crippen MR) is 225 cm³/mol. The normalized spacial score (nSPS) is 15.2. The Morgan fingerprint density at radius 2 is 1.26 bits per heavy atom. The third-order valence-electron chi connectivity index (χ3n) is 8.87. The van der Waals surface area contributed by atoms with Crippen LogP contribution in [0, 0.1) is 0 Å². The molecule has 0 bridgehead atoms. The summed E-state index contributed by atoms with van der Waals surface area (Å²) < 4.78 is 143. The molecule has 2 atom stereocenters. The molecule has 6 rings (SSSR count). The van der Waals surface area contributed by atoms with Crippen LogP contribution < -0.4 is 37.1 Å². The highest BCUT2D eigenvalue weighted by atomic mass is 32.2. The van der Waals surface area contributed by atoms with Crippen LogP contribution in [0.2, 0.25) is 0 Å². The smallest absolute Gasteiger partial charge is 0.356 e. The summed E-state index contributed by atoms with van der Waals surface area (Å²) in [6.07, 6.45) is -3.39. The van der Waals surface area contributed by atoms with Gasteiger partial charge in [-0.2, -0.15) is 31.0 Å². The molecular formula is C37H44F6N8O13S2. The van der Waals surface area contributed by atoms with Crippen molar-refractivity contribution >= 4 is 53.7 Å². The first-order valence-corrected chi connectivity index (χ1v) is 22.0. The van der Waals surface area contributed by atoms with Gasteiger partial charge in [0.15, 0.2) is 12.6 Å². The lowest BCUT2D eigenvalue weighted by Crippen LogP contribution is -2.55. The van der Waals surface area contributed by atoms with E-state index in [0.29, 0.717) is 18.4 Å². The largest absolute Gasteiger partial charge is 0.416 e. The number of aromatic amines is 2. The van der Waals surface area contributed by atoms with Gasteiger partial charge in [0.05, 0.1) is 45.4 Å². The number of fused-ring (bicyclic) bond motifs is 2. The van der Waals surface area contributed by atoms with Crippen LogP contribution in [-0.2, 0) is 69.3 Å². The third kappa shape index (κ3) is 13.4. The monoisotopic (exact) mass is 986 g/mol. The first-order valence-electron chi connectivity index (χ1n) is 18.3. The van der Waals surface area contributed by atoms with Gasteiger partial charge in [0.25, 0.3) is 27.0 Å². The maximum atomic E-state index is 13.4. The zero-order valence-electron chi connectivity index (χ0n) is 34.8. The van der Waals surface area contributed by atoms with E-state index in [2.05, 4.69) is 10.3 Å². The summed E-state index contributed by atoms with van der Waals surface area (Å²) in [5, 5.41) is 1.41. The Morgan fingerprint density at radius 3 is 1.68 bits per heavy atom. The number of carbonyl (C=O) groups is 2. The van der Waals surface area contributed by atoms with Crippen molar-refractivity contribution in [3.8, 4) is 0 Å². The second kappa shape index (κ2) is 20.9. The molecule has 2 aromatic carbocycles. The van der Waals surface area contributed by atoms with E-state index in [4.69, 9.17) is 14.2 Å². The molecule has 1 aliphatic rings. The number of hydrogen-bond donors (Lipinski definition) is 4. The van der Waals surface area contributed by atoms with Crippen molar-refractivity contribution in [3.63, 3.8) is 0 Å². The molecule has 66 heavy (non-hydrogen) atoms. The zero-order chi connectivity index (χ0) is 49.0. The van der Waals surface area contributed by atoms with Crippen LogP contribution >= 0.6 is 0 Å². The Balaban J connectivity index is 0.000000291. The van der Waals surface area contributed by atoms with Crippen LogP contribution in [0.25, 0.3) is 21.8 Å². The molecule has 4 heterocycles. The Hall–Kier alpha value is -6.30. The van der Waals surface area contributed by atoms with Crippen LogP contribution in [0.5, 0.6) is 0 Å². The second-order valence-corrected chi connectivity index (χ2v) is 17.5. The minimum Gasteiger partial charge on any atom is -0.356 e. The summed E-state index contributed by atoms with van der Waals surface area (Å²) in [6.45, 7) is 1.11. The maximum Gasteiger partial charge on any atom is 0.416 e. The van der Waals surface area contributed by atoms with Gasteiger partial charge in [-0.3, -0.25) is 19.2 Å². The molecule has 1 fully saturated rings. The van der Waals surface area contributed by atoms with E-state index in [1.807, 2.05) is 4.98 Å². The molecule has 3 aromatic heterocycles. The number of aromatic nitrogens is 5. The molecule has 1 aliphatic heterocycles. The number of nitrogens with zero attached hydrogens (tertiary/aromatic N) is 4. The lowest BCUT2D eigenvalue weighted by Gasteiger charge is -2.20. The van der Waals surface area contributed by atoms with Gasteiger partial charge in [-0.1, -0.05) is 7.43 Å². The van der Waals surface area contributed by atoms with Gasteiger partial charge in [0.2, 0.25) is 15.9 Å². The summed E-state index contributed by atoms with van der Waals surface area (Å²) in [6, 6.07) is 6.20. The minimum absolute atomic E-state index is 0. The first-order chi connectivity index (χ1) is 30.0. The first kappa shape index (κ1) is 54.0. The minimum atomic E-state index is -4.87. The Kier molecular flexibility index (Phi) is 17.1. The quantitative estimate of drug-likeness (QED) is 0.146. The average Bonchev–Trinajstić information content (AvgIpc) is 3.88. The molecule has 0 radical (unpaired) electrons. The van der Waals surface area contributed by atoms with Crippen molar-refractivity contribution in [2.75, 3.05) is 36.0 Å². The molecule has 2 amide bonds. The molecule has 5 aromatic rings. The van der Waals surface area contributed by atoms with Gasteiger partial charge in [-0.15, -0.1) is 9.09 Å². The number of methoxy groups -OCH3 is 2. The summed E-state index contributed by atoms with van der Waals surface area (Å²) in [7, 11) is -5.09. The second-order valence-electron chi connectivity index (χ2n) is 13.9. The number of nitrogens with one attached hydrogen (secondary N) is 4. The van der Waals surface area contributed by atoms with E-state index in [1.165, 1.54) is 4.57 Å². The number of ether oxygens (including phenoxy) is 3. The standard InChI is InChI=1S/C15H15F3N4O6S.C15H13F3N4O4S.C6H12O3.CH4/c1-7(23)19-6-9-4-10-12(5-11(9)15(16,17)18)20-14(26)21(13(10)25)22(8(2)24)29(3,27)28;1-27(25,26)20-22-13(23)10-6-9(8-21-4-2-3-5-21)11(15(16,17)18)7-12(10)19-14(22)24;1-7-5-3-4-6(8-2)9-5;/h4-5H,6H2,1-3H3,(H,19,23)(H,20,26);2-7,20H,8H2,1H3,(H,19,24);5-6H,3-4H2,1-2H3;1H4. The fraction of sp³-hybridized carbons (Fsp3) is 0.405. The van der Waals surface area contributed by atoms with E-state index in [0.717, 1.165) is 45.1 Å². The van der Waals surface area contributed by atoms with Crippen LogP contribution in [0.3, 0.4) is 0 Å². The van der Waals surface area contributed by atoms with Gasteiger partial charge < -0.3 is 34.1 Å². The Bertz CT molecular complexity index is 3050. The van der Waals surface area contributed by atoms with Gasteiger partial charge in [0.1, 0.15) is 0 Å². The van der Waals surface area contributed by atoms with Crippen molar-refractivity contribution in [2.24, 2.45) is 0 Å². The number of rotatable bonds is 10. The van der Waals surface area contributed by atoms with Crippen LogP contribution in [0.15, 0.2) is 68.0 Å². The van der Waals surface area contributed by atoms with Gasteiger partial charge in [0, 0.05) is 66.4 Å². The molecule has 1 saturated heterocycles. The number of hydrogen-bond acceptors (Lipinski definition) is 13. The SMILES string of the molecule is C.CC(=O)NCc1cc2c(=O)n(N(C(C)=O)S(C)(=O)=O)c(=O)[nH]c2cc1C(F)(F)F.COC1CCC(OC)O1.CS(=O)(=O)Nn1c(=O)[nH]c2cc(C(F)(F)F)c(Cn3cccc3)cc2c1=O. The number of carbonyl (C=O) groups excluding carboxylic acids is 2. The third-order valence-corrected chi connectivity index (χ3v) is 10.4. The number of alkyl halides is 6. The molecule has 0 aliphatic carbocycles. The van der Waals surface area contributed by atoms with Gasteiger partial charge >= 0.3 is 23.7 Å². The zero-order valence-corrected chi connectivity index (χ0v) is 36.4. The van der Waals surface area contributed by atoms with Crippen molar-refractivity contribution in [3.05, 3.63) is 113 Å². The molecule has 0 spiro atoms. The van der Waals surface area contributed by atoms with Crippen molar-refractivity contribution < 1.29 is 67.0 Å². The maximum absolute atomic E-state index is 13.4. The molecule has 2 unspecified atom stereocenters. The van der Waals surface area contributed by atoms with E-state index in [1.54, 1.807) is 43.6 Å². The Labute approximate surface area is 369 Å². The van der Waals surface area contributed by atoms with E-state index >= 15 is 0 Å². The molecule has 364 valence electrons. The molecule has 29 heteroatoms. The highest BCUT2D eigenvalue weighted by Gasteiger charge is 2.36. The molecule has 21 nitrogen and oxygen atoms in total. The summed E-state index contributed by atoms with van der Waals surface area (Å²) in [5.41, 5.74) is -8.83. The highest BCUT2D eigenvalue weighted by Crippen LogP contribution is 2.35. The lowest BCUT2D eigenvalue weighted by molar-refractivity contribution is -0.185. The number of benzene rings is 2. The van der Waals surface area contributed by atoms with Crippen LogP contribution in [0.4, 0.5) is 26.3 Å². The summed E-state index contributed by atoms with van der Waals surface area (Å²) in [5.74, 6) is -1.82. The fourth-order valence-corrected chi connectivity index (χ4v) is 7.58. The lowest BCUT2D eigenvalue weighted by atomic mass is 10.0. The van der Waals surface area contributed by atoms with Gasteiger partial charge in [-0.25, -0.2) is 31.3 Å². The average molecular weight is 987 g/mol. The summed E-state index contributed by atoms with van der Waals surface area (Å²) >= 11 is 0. The number of H-pyrrole nitrogens is 2.